The van der Waals surface area contributed by atoms with Crippen molar-refractivity contribution in [3.8, 4) is 0 Å². The smallest absolute Gasteiger partial charge is 0.404 e. The van der Waals surface area contributed by atoms with E-state index in [1.807, 2.05) is 0 Å². The first-order valence-corrected chi connectivity index (χ1v) is 10.4. The summed E-state index contributed by atoms with van der Waals surface area (Å²) in [6.45, 7) is 1.79. The number of hydrogen-bond acceptors (Lipinski definition) is 9. The molecule has 0 radical (unpaired) electrons. The number of ether oxygens (including phenoxy) is 4. The maximum atomic E-state index is 13.6. The highest BCUT2D eigenvalue weighted by Crippen LogP contribution is 2.61. The second-order valence-electron chi connectivity index (χ2n) is 7.87. The fourth-order valence-electron chi connectivity index (χ4n) is 5.61. The van der Waals surface area contributed by atoms with Crippen LogP contribution in [-0.2, 0) is 33.3 Å². The quantitative estimate of drug-likeness (QED) is 0.389. The third-order valence-electron chi connectivity index (χ3n) is 6.68. The van der Waals surface area contributed by atoms with Gasteiger partial charge in [-0.2, -0.15) is 0 Å². The van der Waals surface area contributed by atoms with Gasteiger partial charge in [0.15, 0.2) is 11.5 Å². The minimum atomic E-state index is -1.78. The van der Waals surface area contributed by atoms with Gasteiger partial charge in [0, 0.05) is 26.2 Å². The van der Waals surface area contributed by atoms with E-state index in [4.69, 9.17) is 24.7 Å². The molecule has 1 spiro atoms. The zero-order chi connectivity index (χ0) is 21.6. The molecule has 2 N–H and O–H groups in total. The largest absolute Gasteiger partial charge is 0.449 e. The average molecular weight is 486 g/mol. The monoisotopic (exact) mass is 485 g/mol. The molecule has 0 aromatic rings. The van der Waals surface area contributed by atoms with E-state index in [1.165, 1.54) is 14.0 Å². The molecule has 0 aromatic carbocycles. The normalized spacial score (nSPS) is 38.1. The topological polar surface area (TPSA) is 137 Å². The molecule has 1 aliphatic carbocycles. The van der Waals surface area contributed by atoms with Crippen molar-refractivity contribution < 1.29 is 38.1 Å². The SMILES string of the molecule is CO[C@@]12[C@H](COC(N)=O)C3=C(C(=O)C(Br)C4(OCCO4)C3=O)N1C[C@H]1[C@@H]2N1C(C)=O. The van der Waals surface area contributed by atoms with Gasteiger partial charge in [0.1, 0.15) is 17.5 Å². The summed E-state index contributed by atoms with van der Waals surface area (Å²) in [5.74, 6) is -3.68. The molecule has 5 atom stereocenters. The molecule has 0 bridgehead atoms. The summed E-state index contributed by atoms with van der Waals surface area (Å²) in [6, 6.07) is -0.568. The minimum Gasteiger partial charge on any atom is -0.449 e. The Balaban J connectivity index is 1.65. The molecule has 3 saturated heterocycles. The van der Waals surface area contributed by atoms with E-state index in [9.17, 15) is 19.2 Å². The number of piperazine rings is 1. The molecule has 3 fully saturated rings. The van der Waals surface area contributed by atoms with E-state index in [2.05, 4.69) is 15.9 Å². The lowest BCUT2D eigenvalue weighted by Crippen LogP contribution is -2.56. The molecule has 4 aliphatic heterocycles. The molecule has 0 aromatic heterocycles. The number of Topliss-reactive ketones (excluding diaryl/α,β-unsaturated/α-hetero) is 2. The zero-order valence-electron chi connectivity index (χ0n) is 16.3. The first-order chi connectivity index (χ1) is 14.2. The predicted molar refractivity (Wildman–Crippen MR) is 100.0 cm³/mol. The molecule has 5 aliphatic rings. The van der Waals surface area contributed by atoms with Crippen molar-refractivity contribution in [1.29, 1.82) is 0 Å². The second kappa shape index (κ2) is 6.25. The van der Waals surface area contributed by atoms with Gasteiger partial charge in [0.25, 0.3) is 5.79 Å². The van der Waals surface area contributed by atoms with E-state index in [0.29, 0.717) is 6.54 Å². The molecular weight excluding hydrogens is 466 g/mol. The van der Waals surface area contributed by atoms with Crippen LogP contribution in [0.25, 0.3) is 0 Å². The van der Waals surface area contributed by atoms with Crippen LogP contribution in [0.4, 0.5) is 4.79 Å². The highest BCUT2D eigenvalue weighted by molar-refractivity contribution is 9.10. The third kappa shape index (κ3) is 2.14. The maximum Gasteiger partial charge on any atom is 0.404 e. The van der Waals surface area contributed by atoms with Crippen molar-refractivity contribution in [1.82, 2.24) is 9.80 Å². The molecule has 11 nitrogen and oxygen atoms in total. The lowest BCUT2D eigenvalue weighted by Gasteiger charge is -2.40. The zero-order valence-corrected chi connectivity index (χ0v) is 17.8. The number of allylic oxidation sites excluding steroid dienone is 1. The highest BCUT2D eigenvalue weighted by Gasteiger charge is 2.79. The number of fused-ring (bicyclic) bond motifs is 4. The summed E-state index contributed by atoms with van der Waals surface area (Å²) in [4.78, 5) is 52.8. The standard InChI is InChI=1S/C18H20BrN3O8/c1-7(23)22-9-5-21-11-10(8(6-28-16(20)26)17(21,27-2)14(9)22)15(25)18(13(19)12(11)24)29-3-4-30-18/h8-9,13-14H,3-6H2,1-2H3,(H2,20,26)/t8-,9+,13?,14+,17-,22?/m1/s1. The average Bonchev–Trinajstić information content (AvgIpc) is 3.03. The maximum absolute atomic E-state index is 13.6. The van der Waals surface area contributed by atoms with Crippen molar-refractivity contribution in [2.24, 2.45) is 11.7 Å². The third-order valence-corrected chi connectivity index (χ3v) is 7.70. The van der Waals surface area contributed by atoms with Gasteiger partial charge in [-0.05, 0) is 0 Å². The number of methoxy groups -OCH3 is 1. The number of amides is 2. The highest BCUT2D eigenvalue weighted by atomic mass is 79.9. The first kappa shape index (κ1) is 19.9. The second-order valence-corrected chi connectivity index (χ2v) is 8.79. The van der Waals surface area contributed by atoms with Crippen molar-refractivity contribution in [2.45, 2.75) is 35.3 Å². The van der Waals surface area contributed by atoms with Crippen molar-refractivity contribution in [3.63, 3.8) is 0 Å². The van der Waals surface area contributed by atoms with Gasteiger partial charge in [-0.1, -0.05) is 15.9 Å². The van der Waals surface area contributed by atoms with Gasteiger partial charge in [-0.25, -0.2) is 4.79 Å². The molecule has 12 heteroatoms. The molecule has 2 amide bonds. The van der Waals surface area contributed by atoms with Crippen molar-refractivity contribution in [2.75, 3.05) is 33.5 Å². The Kier molecular flexibility index (Phi) is 4.15. The van der Waals surface area contributed by atoms with Crippen LogP contribution >= 0.6 is 15.9 Å². The number of alkyl halides is 1. The summed E-state index contributed by atoms with van der Waals surface area (Å²) in [7, 11) is 1.45. The number of carbonyl (C=O) groups excluding carboxylic acids is 4. The summed E-state index contributed by atoms with van der Waals surface area (Å²) in [5.41, 5.74) is 4.24. The summed E-state index contributed by atoms with van der Waals surface area (Å²) >= 11 is 3.30. The van der Waals surface area contributed by atoms with Gasteiger partial charge < -0.3 is 34.5 Å². The Labute approximate surface area is 179 Å². The van der Waals surface area contributed by atoms with Gasteiger partial charge in [-0.15, -0.1) is 0 Å². The first-order valence-electron chi connectivity index (χ1n) is 9.51. The molecule has 4 heterocycles. The van der Waals surface area contributed by atoms with Gasteiger partial charge in [-0.3, -0.25) is 14.4 Å². The van der Waals surface area contributed by atoms with Crippen molar-refractivity contribution in [3.05, 3.63) is 11.3 Å². The van der Waals surface area contributed by atoms with Gasteiger partial charge in [0.05, 0.1) is 30.9 Å². The van der Waals surface area contributed by atoms with Crippen LogP contribution in [0.3, 0.4) is 0 Å². The summed E-state index contributed by atoms with van der Waals surface area (Å²) in [5, 5.41) is 0. The van der Waals surface area contributed by atoms with E-state index in [0.717, 1.165) is 0 Å². The number of nitrogens with two attached hydrogens (primary N) is 1. The van der Waals surface area contributed by atoms with Crippen LogP contribution < -0.4 is 5.73 Å². The van der Waals surface area contributed by atoms with Gasteiger partial charge in [0.2, 0.25) is 11.7 Å². The van der Waals surface area contributed by atoms with Crippen LogP contribution in [-0.4, -0.2) is 95.3 Å². The number of nitrogens with zero attached hydrogens (tertiary/aromatic N) is 2. The Bertz CT molecular complexity index is 915. The minimum absolute atomic E-state index is 0.120. The van der Waals surface area contributed by atoms with Crippen LogP contribution in [0.1, 0.15) is 6.92 Å². The van der Waals surface area contributed by atoms with E-state index in [1.54, 1.807) is 9.80 Å². The molecule has 1 unspecified atom stereocenters. The number of carbonyl (C=O) groups is 4. The number of halogens is 1. The Morgan fingerprint density at radius 3 is 2.53 bits per heavy atom. The Morgan fingerprint density at radius 2 is 1.97 bits per heavy atom. The van der Waals surface area contributed by atoms with E-state index < -0.39 is 40.2 Å². The Hall–Kier alpha value is -2.02. The number of ketones is 2. The van der Waals surface area contributed by atoms with E-state index >= 15 is 0 Å². The number of rotatable bonds is 3. The predicted octanol–water partition coefficient (Wildman–Crippen LogP) is -1.12. The van der Waals surface area contributed by atoms with Crippen LogP contribution in [0.5, 0.6) is 0 Å². The summed E-state index contributed by atoms with van der Waals surface area (Å²) < 4.78 is 22.2. The fourth-order valence-corrected chi connectivity index (χ4v) is 6.30. The van der Waals surface area contributed by atoms with Crippen LogP contribution in [0.2, 0.25) is 0 Å². The molecule has 162 valence electrons. The lowest BCUT2D eigenvalue weighted by atomic mass is 9.80. The number of primary amides is 1. The van der Waals surface area contributed by atoms with Crippen LogP contribution in [0.15, 0.2) is 11.3 Å². The van der Waals surface area contributed by atoms with E-state index in [-0.39, 0.29) is 48.8 Å². The van der Waals surface area contributed by atoms with Crippen LogP contribution in [0, 0.1) is 5.92 Å². The Morgan fingerprint density at radius 1 is 1.30 bits per heavy atom. The fraction of sp³-hybridized carbons (Fsp3) is 0.667. The van der Waals surface area contributed by atoms with Crippen molar-refractivity contribution >= 4 is 39.5 Å². The molecule has 30 heavy (non-hydrogen) atoms. The van der Waals surface area contributed by atoms with Gasteiger partial charge >= 0.3 is 6.09 Å². The summed E-state index contributed by atoms with van der Waals surface area (Å²) in [6.07, 6.45) is -1.02. The molecule has 0 saturated carbocycles. The number of hydrogen-bond donors (Lipinski definition) is 1. The molecular formula is C18H20BrN3O8. The molecule has 5 rings (SSSR count). The lowest BCUT2D eigenvalue weighted by molar-refractivity contribution is -0.180.